The first-order chi connectivity index (χ1) is 9.52. The zero-order chi connectivity index (χ0) is 14.7. The van der Waals surface area contributed by atoms with Crippen molar-refractivity contribution in [1.29, 1.82) is 0 Å². The summed E-state index contributed by atoms with van der Waals surface area (Å²) in [5.41, 5.74) is 1.03. The third-order valence-electron chi connectivity index (χ3n) is 3.28. The maximum Gasteiger partial charge on any atom is 0.289 e. The summed E-state index contributed by atoms with van der Waals surface area (Å²) in [4.78, 5) is 13.9. The average Bonchev–Trinajstić information content (AvgIpc) is 2.91. The molecule has 0 spiro atoms. The van der Waals surface area contributed by atoms with Crippen LogP contribution in [-0.2, 0) is 0 Å². The van der Waals surface area contributed by atoms with Gasteiger partial charge in [-0.3, -0.25) is 4.79 Å². The minimum Gasteiger partial charge on any atom is -0.497 e. The van der Waals surface area contributed by atoms with Crippen molar-refractivity contribution < 1.29 is 13.9 Å². The van der Waals surface area contributed by atoms with Gasteiger partial charge < -0.3 is 14.1 Å². The van der Waals surface area contributed by atoms with E-state index in [0.29, 0.717) is 10.4 Å². The van der Waals surface area contributed by atoms with Crippen LogP contribution in [0.25, 0.3) is 0 Å². The van der Waals surface area contributed by atoms with Crippen LogP contribution in [0.15, 0.2) is 45.5 Å². The van der Waals surface area contributed by atoms with Crippen molar-refractivity contribution in [2.24, 2.45) is 0 Å². The van der Waals surface area contributed by atoms with Crippen LogP contribution in [0.2, 0.25) is 0 Å². The van der Waals surface area contributed by atoms with Gasteiger partial charge in [-0.25, -0.2) is 0 Å². The predicted molar refractivity (Wildman–Crippen MR) is 79.9 cm³/mol. The molecule has 20 heavy (non-hydrogen) atoms. The molecule has 0 saturated heterocycles. The fraction of sp³-hybridized carbons (Fsp3) is 0.267. The lowest BCUT2D eigenvalue weighted by molar-refractivity contribution is 0.0709. The number of methoxy groups -OCH3 is 1. The number of halogens is 1. The molecule has 106 valence electrons. The molecule has 0 fully saturated rings. The van der Waals surface area contributed by atoms with Crippen molar-refractivity contribution >= 4 is 21.8 Å². The van der Waals surface area contributed by atoms with Gasteiger partial charge in [0.25, 0.3) is 5.91 Å². The number of benzene rings is 1. The van der Waals surface area contributed by atoms with E-state index in [1.165, 1.54) is 0 Å². The number of nitrogens with zero attached hydrogens (tertiary/aromatic N) is 1. The Labute approximate surface area is 126 Å². The summed E-state index contributed by atoms with van der Waals surface area (Å²) in [6, 6.07) is 11.0. The molecule has 2 rings (SSSR count). The minimum absolute atomic E-state index is 0.0581. The number of hydrogen-bond donors (Lipinski definition) is 0. The van der Waals surface area contributed by atoms with E-state index in [4.69, 9.17) is 9.15 Å². The molecule has 4 nitrogen and oxygen atoms in total. The zero-order valence-corrected chi connectivity index (χ0v) is 13.2. The van der Waals surface area contributed by atoms with Crippen molar-refractivity contribution in [3.8, 4) is 5.75 Å². The van der Waals surface area contributed by atoms with E-state index in [1.807, 2.05) is 31.2 Å². The van der Waals surface area contributed by atoms with Crippen LogP contribution in [0.4, 0.5) is 0 Å². The van der Waals surface area contributed by atoms with Gasteiger partial charge in [-0.1, -0.05) is 12.1 Å². The number of ether oxygens (including phenoxy) is 1. The minimum atomic E-state index is -0.154. The SMILES string of the molecule is COc1ccc(C(C)N(C)C(=O)c2ccc(Br)o2)cc1. The molecule has 1 aromatic carbocycles. The second-order valence-corrected chi connectivity index (χ2v) is 5.25. The molecule has 0 bridgehead atoms. The second kappa shape index (κ2) is 6.13. The molecule has 1 atom stereocenters. The molecule has 5 heteroatoms. The number of furan rings is 1. The molecule has 0 aliphatic carbocycles. The van der Waals surface area contributed by atoms with Gasteiger partial charge in [0, 0.05) is 7.05 Å². The first kappa shape index (κ1) is 14.7. The van der Waals surface area contributed by atoms with Crippen LogP contribution in [0.1, 0.15) is 29.1 Å². The molecule has 1 unspecified atom stereocenters. The lowest BCUT2D eigenvalue weighted by atomic mass is 10.1. The van der Waals surface area contributed by atoms with E-state index in [0.717, 1.165) is 11.3 Å². The molecular formula is C15H16BrNO3. The van der Waals surface area contributed by atoms with Gasteiger partial charge in [0.1, 0.15) is 5.75 Å². The fourth-order valence-electron chi connectivity index (χ4n) is 1.88. The summed E-state index contributed by atoms with van der Waals surface area (Å²) in [6.45, 7) is 1.97. The van der Waals surface area contributed by atoms with Gasteiger partial charge in [-0.2, -0.15) is 0 Å². The Bertz CT molecular complexity index is 591. The Hall–Kier alpha value is -1.75. The van der Waals surface area contributed by atoms with Gasteiger partial charge >= 0.3 is 0 Å². The van der Waals surface area contributed by atoms with Crippen molar-refractivity contribution in [1.82, 2.24) is 4.90 Å². The number of carbonyl (C=O) groups excluding carboxylic acids is 1. The molecule has 1 aromatic heterocycles. The predicted octanol–water partition coefficient (Wildman–Crippen LogP) is 3.88. The summed E-state index contributed by atoms with van der Waals surface area (Å²) in [6.07, 6.45) is 0. The Balaban J connectivity index is 2.14. The topological polar surface area (TPSA) is 42.7 Å². The van der Waals surface area contributed by atoms with Crippen LogP contribution in [-0.4, -0.2) is 25.0 Å². The lowest BCUT2D eigenvalue weighted by Gasteiger charge is -2.24. The monoisotopic (exact) mass is 337 g/mol. The fourth-order valence-corrected chi connectivity index (χ4v) is 2.19. The summed E-state index contributed by atoms with van der Waals surface area (Å²) in [5.74, 6) is 0.962. The Morgan fingerprint density at radius 2 is 1.90 bits per heavy atom. The molecular weight excluding hydrogens is 322 g/mol. The zero-order valence-electron chi connectivity index (χ0n) is 11.6. The number of carbonyl (C=O) groups is 1. The average molecular weight is 338 g/mol. The van der Waals surface area contributed by atoms with Crippen molar-refractivity contribution in [3.05, 3.63) is 52.4 Å². The van der Waals surface area contributed by atoms with Crippen LogP contribution < -0.4 is 4.74 Å². The smallest absolute Gasteiger partial charge is 0.289 e. The summed E-state index contributed by atoms with van der Waals surface area (Å²) < 4.78 is 11.0. The Kier molecular flexibility index (Phi) is 4.49. The highest BCUT2D eigenvalue weighted by molar-refractivity contribution is 9.10. The molecule has 1 amide bonds. The number of hydrogen-bond acceptors (Lipinski definition) is 3. The highest BCUT2D eigenvalue weighted by Crippen LogP contribution is 2.24. The summed E-state index contributed by atoms with van der Waals surface area (Å²) in [5, 5.41) is 0. The van der Waals surface area contributed by atoms with Gasteiger partial charge in [0.15, 0.2) is 10.4 Å². The van der Waals surface area contributed by atoms with E-state index in [1.54, 1.807) is 31.2 Å². The van der Waals surface area contributed by atoms with E-state index < -0.39 is 0 Å². The van der Waals surface area contributed by atoms with Crippen molar-refractivity contribution in [3.63, 3.8) is 0 Å². The van der Waals surface area contributed by atoms with Gasteiger partial charge in [-0.15, -0.1) is 0 Å². The molecule has 0 radical (unpaired) electrons. The van der Waals surface area contributed by atoms with E-state index in [2.05, 4.69) is 15.9 Å². The number of rotatable bonds is 4. The maximum atomic E-state index is 12.3. The summed E-state index contributed by atoms with van der Waals surface area (Å²) >= 11 is 3.20. The van der Waals surface area contributed by atoms with E-state index in [-0.39, 0.29) is 11.9 Å². The van der Waals surface area contributed by atoms with Crippen LogP contribution >= 0.6 is 15.9 Å². The lowest BCUT2D eigenvalue weighted by Crippen LogP contribution is -2.29. The van der Waals surface area contributed by atoms with E-state index >= 15 is 0 Å². The van der Waals surface area contributed by atoms with Gasteiger partial charge in [0.2, 0.25) is 0 Å². The van der Waals surface area contributed by atoms with Crippen molar-refractivity contribution in [2.45, 2.75) is 13.0 Å². The molecule has 2 aromatic rings. The highest BCUT2D eigenvalue weighted by Gasteiger charge is 2.21. The molecule has 0 aliphatic heterocycles. The second-order valence-electron chi connectivity index (χ2n) is 4.47. The van der Waals surface area contributed by atoms with Crippen LogP contribution in [0.3, 0.4) is 0 Å². The normalized spacial score (nSPS) is 12.0. The van der Waals surface area contributed by atoms with Crippen molar-refractivity contribution in [2.75, 3.05) is 14.2 Å². The molecule has 0 N–H and O–H groups in total. The Morgan fingerprint density at radius 3 is 2.40 bits per heavy atom. The largest absolute Gasteiger partial charge is 0.497 e. The first-order valence-corrected chi connectivity index (χ1v) is 6.98. The van der Waals surface area contributed by atoms with Crippen LogP contribution in [0.5, 0.6) is 5.75 Å². The highest BCUT2D eigenvalue weighted by atomic mass is 79.9. The summed E-state index contributed by atoms with van der Waals surface area (Å²) in [7, 11) is 3.39. The standard InChI is InChI=1S/C15H16BrNO3/c1-10(11-4-6-12(19-3)7-5-11)17(2)15(18)13-8-9-14(16)20-13/h4-10H,1-3H3. The molecule has 0 aliphatic rings. The third kappa shape index (κ3) is 3.04. The van der Waals surface area contributed by atoms with Gasteiger partial charge in [0.05, 0.1) is 13.2 Å². The maximum absolute atomic E-state index is 12.3. The van der Waals surface area contributed by atoms with Crippen LogP contribution in [0, 0.1) is 0 Å². The third-order valence-corrected chi connectivity index (χ3v) is 3.71. The molecule has 1 heterocycles. The Morgan fingerprint density at radius 1 is 1.25 bits per heavy atom. The number of amides is 1. The van der Waals surface area contributed by atoms with E-state index in [9.17, 15) is 4.79 Å². The quantitative estimate of drug-likeness (QED) is 0.850. The van der Waals surface area contributed by atoms with Gasteiger partial charge in [-0.05, 0) is 52.7 Å². The molecule has 0 saturated carbocycles. The first-order valence-electron chi connectivity index (χ1n) is 6.19.